The first-order valence-corrected chi connectivity index (χ1v) is 11.0. The van der Waals surface area contributed by atoms with E-state index in [9.17, 15) is 9.18 Å². The van der Waals surface area contributed by atoms with Crippen LogP contribution in [0.2, 0.25) is 0 Å². The molecule has 4 rings (SSSR count). The molecule has 1 aromatic heterocycles. The Bertz CT molecular complexity index is 1370. The number of hydrogen-bond donors (Lipinski definition) is 2. The summed E-state index contributed by atoms with van der Waals surface area (Å²) in [4.78, 5) is 12.5. The van der Waals surface area contributed by atoms with Gasteiger partial charge in [0.25, 0.3) is 0 Å². The summed E-state index contributed by atoms with van der Waals surface area (Å²) < 4.78 is 25.8. The maximum absolute atomic E-state index is 14.5. The number of carbonyl (C=O) groups excluding carboxylic acids is 1. The molecule has 0 saturated heterocycles. The van der Waals surface area contributed by atoms with Crippen LogP contribution in [0.25, 0.3) is 17.0 Å². The molecule has 1 heterocycles. The van der Waals surface area contributed by atoms with Gasteiger partial charge in [0.05, 0.1) is 30.6 Å². The summed E-state index contributed by atoms with van der Waals surface area (Å²) in [5.41, 5.74) is 3.30. The first kappa shape index (κ1) is 23.7. The highest BCUT2D eigenvalue weighted by Crippen LogP contribution is 2.22. The molecular formula is C28H24FN3O3. The number of H-pyrrole nitrogens is 1. The molecule has 0 atom stereocenters. The molecule has 6 nitrogen and oxygen atoms in total. The topological polar surface area (TPSA) is 76.2 Å². The molecule has 7 heteroatoms. The molecule has 0 saturated carbocycles. The van der Waals surface area contributed by atoms with Crippen LogP contribution >= 0.6 is 0 Å². The van der Waals surface area contributed by atoms with Crippen molar-refractivity contribution < 1.29 is 18.7 Å². The zero-order chi connectivity index (χ0) is 24.5. The van der Waals surface area contributed by atoms with E-state index in [1.54, 1.807) is 36.5 Å². The summed E-state index contributed by atoms with van der Waals surface area (Å²) >= 11 is 0. The van der Waals surface area contributed by atoms with Crippen LogP contribution in [0.1, 0.15) is 23.1 Å². The van der Waals surface area contributed by atoms with Crippen LogP contribution < -0.4 is 10.1 Å². The van der Waals surface area contributed by atoms with Gasteiger partial charge in [-0.25, -0.2) is 4.39 Å². The standard InChI is InChI=1S/C28H24FN3O3/c1-2-3-15-34-18-21-8-12-23(13-9-21)35-19-24-25(29)5-4-6-26(24)31-28(33)14-10-20-7-11-22-17-30-32-27(22)16-20/h1,4-14,16-17H,3,15,18-19H2,(H,30,32)(H,31,33)/b14-10+. The maximum Gasteiger partial charge on any atom is 0.248 e. The van der Waals surface area contributed by atoms with Gasteiger partial charge in [0.15, 0.2) is 0 Å². The van der Waals surface area contributed by atoms with Crippen molar-refractivity contribution in [2.75, 3.05) is 11.9 Å². The molecule has 0 fully saturated rings. The first-order valence-electron chi connectivity index (χ1n) is 11.0. The summed E-state index contributed by atoms with van der Waals surface area (Å²) in [6.45, 7) is 0.917. The number of nitrogens with zero attached hydrogens (tertiary/aromatic N) is 1. The molecule has 35 heavy (non-hydrogen) atoms. The number of ether oxygens (including phenoxy) is 2. The third-order valence-corrected chi connectivity index (χ3v) is 5.24. The Morgan fingerprint density at radius 2 is 2.00 bits per heavy atom. The molecule has 0 spiro atoms. The Labute approximate surface area is 202 Å². The lowest BCUT2D eigenvalue weighted by Crippen LogP contribution is -2.12. The monoisotopic (exact) mass is 469 g/mol. The highest BCUT2D eigenvalue weighted by molar-refractivity contribution is 6.02. The van der Waals surface area contributed by atoms with Crippen LogP contribution in [-0.4, -0.2) is 22.7 Å². The number of anilines is 1. The van der Waals surface area contributed by atoms with Gasteiger partial charge >= 0.3 is 0 Å². The van der Waals surface area contributed by atoms with Gasteiger partial charge in [-0.1, -0.05) is 30.3 Å². The fourth-order valence-electron chi connectivity index (χ4n) is 3.39. The summed E-state index contributed by atoms with van der Waals surface area (Å²) in [5.74, 6) is 2.26. The van der Waals surface area contributed by atoms with Gasteiger partial charge in [-0.15, -0.1) is 12.3 Å². The molecule has 2 N–H and O–H groups in total. The van der Waals surface area contributed by atoms with Gasteiger partial charge in [-0.2, -0.15) is 5.10 Å². The van der Waals surface area contributed by atoms with Gasteiger partial charge in [0, 0.05) is 23.4 Å². The van der Waals surface area contributed by atoms with Crippen LogP contribution in [0.5, 0.6) is 5.75 Å². The Kier molecular flexibility index (Phi) is 7.89. The van der Waals surface area contributed by atoms with Crippen molar-refractivity contribution in [3.05, 3.63) is 95.4 Å². The minimum atomic E-state index is -0.463. The van der Waals surface area contributed by atoms with Crippen molar-refractivity contribution in [3.8, 4) is 18.1 Å². The van der Waals surface area contributed by atoms with Gasteiger partial charge < -0.3 is 14.8 Å². The molecule has 3 aromatic carbocycles. The second kappa shape index (κ2) is 11.6. The number of nitrogens with one attached hydrogen (secondary N) is 2. The SMILES string of the molecule is C#CCCOCc1ccc(OCc2c(F)cccc2NC(=O)/C=C/c2ccc3cn[nH]c3c2)cc1. The first-order chi connectivity index (χ1) is 17.1. The van der Waals surface area contributed by atoms with Crippen molar-refractivity contribution in [1.29, 1.82) is 0 Å². The second-order valence-electron chi connectivity index (χ2n) is 7.74. The maximum atomic E-state index is 14.5. The van der Waals surface area contributed by atoms with E-state index in [0.717, 1.165) is 22.0 Å². The Balaban J connectivity index is 1.36. The van der Waals surface area contributed by atoms with Gasteiger partial charge in [-0.05, 0) is 47.5 Å². The van der Waals surface area contributed by atoms with Crippen LogP contribution in [0.15, 0.2) is 72.9 Å². The van der Waals surface area contributed by atoms with E-state index >= 15 is 0 Å². The molecule has 0 unspecified atom stereocenters. The molecule has 1 amide bonds. The van der Waals surface area contributed by atoms with Crippen molar-refractivity contribution in [3.63, 3.8) is 0 Å². The highest BCUT2D eigenvalue weighted by Gasteiger charge is 2.11. The van der Waals surface area contributed by atoms with Gasteiger partial charge in [0.1, 0.15) is 18.2 Å². The van der Waals surface area contributed by atoms with Crippen LogP contribution in [0.3, 0.4) is 0 Å². The summed E-state index contributed by atoms with van der Waals surface area (Å²) in [7, 11) is 0. The molecule has 0 radical (unpaired) electrons. The van der Waals surface area contributed by atoms with E-state index in [1.165, 1.54) is 12.1 Å². The normalized spacial score (nSPS) is 11.0. The van der Waals surface area contributed by atoms with E-state index < -0.39 is 5.82 Å². The molecule has 0 aliphatic carbocycles. The minimum absolute atomic E-state index is 0.0412. The lowest BCUT2D eigenvalue weighted by molar-refractivity contribution is -0.111. The Morgan fingerprint density at radius 1 is 1.14 bits per heavy atom. The molecule has 0 aliphatic rings. The van der Waals surface area contributed by atoms with Crippen molar-refractivity contribution >= 4 is 28.6 Å². The number of aromatic nitrogens is 2. The number of rotatable bonds is 10. The van der Waals surface area contributed by atoms with Crippen molar-refractivity contribution in [2.45, 2.75) is 19.6 Å². The number of hydrogen-bond acceptors (Lipinski definition) is 4. The Morgan fingerprint density at radius 3 is 2.83 bits per heavy atom. The number of carbonyl (C=O) groups is 1. The van der Waals surface area contributed by atoms with Crippen LogP contribution in [-0.2, 0) is 22.7 Å². The van der Waals surface area contributed by atoms with Gasteiger partial charge in [0.2, 0.25) is 5.91 Å². The average Bonchev–Trinajstić information content (AvgIpc) is 3.34. The lowest BCUT2D eigenvalue weighted by Gasteiger charge is -2.13. The van der Waals surface area contributed by atoms with E-state index in [2.05, 4.69) is 21.4 Å². The second-order valence-corrected chi connectivity index (χ2v) is 7.74. The number of amides is 1. The Hall–Kier alpha value is -4.41. The average molecular weight is 470 g/mol. The van der Waals surface area contributed by atoms with Gasteiger partial charge in [-0.3, -0.25) is 9.89 Å². The van der Waals surface area contributed by atoms with Crippen molar-refractivity contribution in [1.82, 2.24) is 10.2 Å². The van der Waals surface area contributed by atoms with Crippen LogP contribution in [0.4, 0.5) is 10.1 Å². The number of halogens is 1. The number of terminal acetylenes is 1. The molecule has 176 valence electrons. The fourth-order valence-corrected chi connectivity index (χ4v) is 3.39. The predicted molar refractivity (Wildman–Crippen MR) is 134 cm³/mol. The minimum Gasteiger partial charge on any atom is -0.489 e. The largest absolute Gasteiger partial charge is 0.489 e. The van der Waals surface area contributed by atoms with E-state index in [0.29, 0.717) is 31.1 Å². The van der Waals surface area contributed by atoms with Crippen LogP contribution in [0, 0.1) is 18.2 Å². The number of benzene rings is 3. The fraction of sp³-hybridized carbons (Fsp3) is 0.143. The quantitative estimate of drug-likeness (QED) is 0.183. The lowest BCUT2D eigenvalue weighted by atomic mass is 10.1. The highest BCUT2D eigenvalue weighted by atomic mass is 19.1. The molecule has 4 aromatic rings. The molecular weight excluding hydrogens is 445 g/mol. The zero-order valence-corrected chi connectivity index (χ0v) is 19.0. The van der Waals surface area contributed by atoms with E-state index in [4.69, 9.17) is 15.9 Å². The number of fused-ring (bicyclic) bond motifs is 1. The summed E-state index contributed by atoms with van der Waals surface area (Å²) in [6, 6.07) is 17.5. The van der Waals surface area contributed by atoms with Crippen molar-refractivity contribution in [2.24, 2.45) is 0 Å². The third kappa shape index (κ3) is 6.56. The number of aromatic amines is 1. The zero-order valence-electron chi connectivity index (χ0n) is 19.0. The van der Waals surface area contributed by atoms with E-state index in [-0.39, 0.29) is 18.1 Å². The predicted octanol–water partition coefficient (Wildman–Crippen LogP) is 5.47. The summed E-state index contributed by atoms with van der Waals surface area (Å²) in [5, 5.41) is 10.6. The van der Waals surface area contributed by atoms with E-state index in [1.807, 2.05) is 30.3 Å². The third-order valence-electron chi connectivity index (χ3n) is 5.24. The smallest absolute Gasteiger partial charge is 0.248 e. The molecule has 0 aliphatic heterocycles. The summed E-state index contributed by atoms with van der Waals surface area (Å²) in [6.07, 6.45) is 10.6. The molecule has 0 bridgehead atoms.